The van der Waals surface area contributed by atoms with Crippen molar-refractivity contribution in [3.63, 3.8) is 0 Å². The molecular weight excluding hydrogens is 361 g/mol. The molecule has 0 aliphatic rings. The summed E-state index contributed by atoms with van der Waals surface area (Å²) in [6.45, 7) is 5.55. The second-order valence-corrected chi connectivity index (χ2v) is 4.47. The van der Waals surface area contributed by atoms with Crippen molar-refractivity contribution in [2.24, 2.45) is 4.99 Å². The summed E-state index contributed by atoms with van der Waals surface area (Å²) in [7, 11) is 0. The van der Waals surface area contributed by atoms with Crippen molar-refractivity contribution in [1.82, 2.24) is 20.2 Å². The maximum atomic E-state index is 4.47. The lowest BCUT2D eigenvalue weighted by Crippen LogP contribution is -2.39. The summed E-state index contributed by atoms with van der Waals surface area (Å²) in [5.41, 5.74) is 0. The highest BCUT2D eigenvalue weighted by atomic mass is 127. The molecule has 18 heavy (non-hydrogen) atoms. The predicted octanol–water partition coefficient (Wildman–Crippen LogP) is 1.42. The van der Waals surface area contributed by atoms with Gasteiger partial charge in [0.2, 0.25) is 0 Å². The number of rotatable bonds is 7. The van der Waals surface area contributed by atoms with E-state index in [-0.39, 0.29) is 24.0 Å². The van der Waals surface area contributed by atoms with Crippen molar-refractivity contribution >= 4 is 41.7 Å². The number of thioether (sulfide) groups is 1. The van der Waals surface area contributed by atoms with Gasteiger partial charge in [0.15, 0.2) is 5.96 Å². The monoisotopic (exact) mass is 383 g/mol. The molecule has 7 heteroatoms. The number of hydrogen-bond donors (Lipinski definition) is 2. The van der Waals surface area contributed by atoms with E-state index in [0.717, 1.165) is 37.9 Å². The lowest BCUT2D eigenvalue weighted by atomic mass is 10.6. The Labute approximate surface area is 130 Å². The molecule has 0 unspecified atom stereocenters. The minimum atomic E-state index is 0. The van der Waals surface area contributed by atoms with Crippen LogP contribution in [0.1, 0.15) is 6.92 Å². The molecule has 0 amide bonds. The second-order valence-electron chi connectivity index (χ2n) is 3.48. The van der Waals surface area contributed by atoms with E-state index in [2.05, 4.69) is 33.8 Å². The third-order valence-electron chi connectivity index (χ3n) is 2.13. The molecule has 1 aromatic heterocycles. The Kier molecular flexibility index (Phi) is 11.4. The zero-order valence-corrected chi connectivity index (χ0v) is 14.1. The summed E-state index contributed by atoms with van der Waals surface area (Å²) >= 11 is 1.81. The first-order chi connectivity index (χ1) is 8.36. The molecule has 0 atom stereocenters. The Morgan fingerprint density at radius 1 is 1.44 bits per heavy atom. The maximum absolute atomic E-state index is 4.47. The van der Waals surface area contributed by atoms with Crippen molar-refractivity contribution in [3.05, 3.63) is 18.7 Å². The molecule has 2 N–H and O–H groups in total. The van der Waals surface area contributed by atoms with E-state index in [9.17, 15) is 0 Å². The molecule has 0 bridgehead atoms. The van der Waals surface area contributed by atoms with Gasteiger partial charge in [-0.05, 0) is 13.2 Å². The lowest BCUT2D eigenvalue weighted by molar-refractivity contribution is 0.662. The van der Waals surface area contributed by atoms with Crippen LogP contribution >= 0.6 is 35.7 Å². The van der Waals surface area contributed by atoms with Gasteiger partial charge in [-0.2, -0.15) is 11.8 Å². The zero-order chi connectivity index (χ0) is 12.3. The third-order valence-corrected chi connectivity index (χ3v) is 2.72. The number of imidazole rings is 1. The normalized spacial score (nSPS) is 10.9. The molecule has 1 rings (SSSR count). The van der Waals surface area contributed by atoms with Gasteiger partial charge in [0, 0.05) is 37.8 Å². The molecule has 0 aromatic carbocycles. The number of aliphatic imine (C=N–C) groups is 1. The van der Waals surface area contributed by atoms with Gasteiger partial charge in [0.25, 0.3) is 0 Å². The van der Waals surface area contributed by atoms with Crippen LogP contribution in [0.25, 0.3) is 0 Å². The molecule has 0 aliphatic carbocycles. The predicted molar refractivity (Wildman–Crippen MR) is 90.0 cm³/mol. The lowest BCUT2D eigenvalue weighted by Gasteiger charge is -2.11. The third kappa shape index (κ3) is 7.80. The molecule has 5 nitrogen and oxygen atoms in total. The topological polar surface area (TPSA) is 54.2 Å². The summed E-state index contributed by atoms with van der Waals surface area (Å²) in [5, 5.41) is 6.53. The summed E-state index contributed by atoms with van der Waals surface area (Å²) in [6.07, 6.45) is 7.66. The van der Waals surface area contributed by atoms with Crippen molar-refractivity contribution in [1.29, 1.82) is 0 Å². The van der Waals surface area contributed by atoms with Crippen LogP contribution in [0, 0.1) is 0 Å². The number of nitrogens with zero attached hydrogens (tertiary/aromatic N) is 3. The Hall–Kier alpha value is -0.440. The maximum Gasteiger partial charge on any atom is 0.191 e. The zero-order valence-electron chi connectivity index (χ0n) is 10.9. The van der Waals surface area contributed by atoms with E-state index in [0.29, 0.717) is 0 Å². The van der Waals surface area contributed by atoms with Crippen LogP contribution in [-0.2, 0) is 6.54 Å². The van der Waals surface area contributed by atoms with Crippen molar-refractivity contribution in [2.45, 2.75) is 13.5 Å². The Morgan fingerprint density at radius 2 is 2.28 bits per heavy atom. The van der Waals surface area contributed by atoms with Crippen LogP contribution in [0.4, 0.5) is 0 Å². The van der Waals surface area contributed by atoms with Gasteiger partial charge >= 0.3 is 0 Å². The highest BCUT2D eigenvalue weighted by molar-refractivity contribution is 14.0. The van der Waals surface area contributed by atoms with Crippen LogP contribution in [0.2, 0.25) is 0 Å². The van der Waals surface area contributed by atoms with Crippen molar-refractivity contribution in [2.75, 3.05) is 31.6 Å². The van der Waals surface area contributed by atoms with Crippen LogP contribution in [0.5, 0.6) is 0 Å². The largest absolute Gasteiger partial charge is 0.357 e. The van der Waals surface area contributed by atoms with Crippen molar-refractivity contribution < 1.29 is 0 Å². The van der Waals surface area contributed by atoms with E-state index in [4.69, 9.17) is 0 Å². The molecule has 0 fully saturated rings. The summed E-state index contributed by atoms with van der Waals surface area (Å²) in [4.78, 5) is 8.47. The number of nitrogens with one attached hydrogen (secondary N) is 2. The van der Waals surface area contributed by atoms with Crippen LogP contribution in [-0.4, -0.2) is 47.2 Å². The molecule has 1 aromatic rings. The molecule has 1 heterocycles. The van der Waals surface area contributed by atoms with Crippen LogP contribution < -0.4 is 10.6 Å². The molecule has 0 saturated heterocycles. The molecule has 0 aliphatic heterocycles. The number of hydrogen-bond acceptors (Lipinski definition) is 3. The number of halogens is 1. The van der Waals surface area contributed by atoms with E-state index >= 15 is 0 Å². The quantitative estimate of drug-likeness (QED) is 0.324. The number of guanidine groups is 1. The smallest absolute Gasteiger partial charge is 0.191 e. The van der Waals surface area contributed by atoms with Gasteiger partial charge in [-0.1, -0.05) is 0 Å². The van der Waals surface area contributed by atoms with Gasteiger partial charge in [-0.25, -0.2) is 4.98 Å². The van der Waals surface area contributed by atoms with E-state index < -0.39 is 0 Å². The fourth-order valence-corrected chi connectivity index (χ4v) is 1.59. The Morgan fingerprint density at radius 3 is 2.89 bits per heavy atom. The van der Waals surface area contributed by atoms with Crippen molar-refractivity contribution in [3.8, 4) is 0 Å². The first-order valence-electron chi connectivity index (χ1n) is 5.83. The van der Waals surface area contributed by atoms with Gasteiger partial charge in [-0.15, -0.1) is 24.0 Å². The van der Waals surface area contributed by atoms with Gasteiger partial charge in [0.05, 0.1) is 12.9 Å². The van der Waals surface area contributed by atoms with E-state index in [1.807, 2.05) is 28.9 Å². The van der Waals surface area contributed by atoms with Gasteiger partial charge < -0.3 is 15.2 Å². The minimum Gasteiger partial charge on any atom is -0.357 e. The fourth-order valence-electron chi connectivity index (χ4n) is 1.31. The summed E-state index contributed by atoms with van der Waals surface area (Å²) < 4.78 is 2.04. The van der Waals surface area contributed by atoms with Gasteiger partial charge in [0.1, 0.15) is 0 Å². The average molecular weight is 383 g/mol. The molecule has 0 saturated carbocycles. The highest BCUT2D eigenvalue weighted by Crippen LogP contribution is 1.90. The Balaban J connectivity index is 0.00000289. The average Bonchev–Trinajstić information content (AvgIpc) is 2.82. The highest BCUT2D eigenvalue weighted by Gasteiger charge is 1.96. The van der Waals surface area contributed by atoms with Crippen LogP contribution in [0.15, 0.2) is 23.7 Å². The molecular formula is C11H22IN5S. The van der Waals surface area contributed by atoms with Crippen LogP contribution in [0.3, 0.4) is 0 Å². The van der Waals surface area contributed by atoms with E-state index in [1.165, 1.54) is 0 Å². The molecule has 0 spiro atoms. The fraction of sp³-hybridized carbons (Fsp3) is 0.636. The second kappa shape index (κ2) is 11.6. The summed E-state index contributed by atoms with van der Waals surface area (Å²) in [6, 6.07) is 0. The molecule has 0 radical (unpaired) electrons. The van der Waals surface area contributed by atoms with E-state index in [1.54, 1.807) is 6.20 Å². The standard InChI is InChI=1S/C11H21N5S.HI/c1-3-13-11(15-6-9-17-2)14-5-8-16-7-4-12-10-16;/h4,7,10H,3,5-6,8-9H2,1-2H3,(H2,13,14,15);1H. The summed E-state index contributed by atoms with van der Waals surface area (Å²) in [5.74, 6) is 1.94. The first kappa shape index (κ1) is 17.6. The minimum absolute atomic E-state index is 0. The first-order valence-corrected chi connectivity index (χ1v) is 7.23. The number of aromatic nitrogens is 2. The SMILES string of the molecule is CCNC(=NCCSC)NCCn1ccnc1.I. The van der Waals surface area contributed by atoms with Gasteiger partial charge in [-0.3, -0.25) is 4.99 Å². The Bertz CT molecular complexity index is 315. The molecule has 104 valence electrons.